The van der Waals surface area contributed by atoms with Crippen LogP contribution in [0.25, 0.3) is 0 Å². The van der Waals surface area contributed by atoms with E-state index in [1.54, 1.807) is 7.11 Å². The highest BCUT2D eigenvalue weighted by atomic mass is 16.5. The molecule has 0 heterocycles. The van der Waals surface area contributed by atoms with Crippen molar-refractivity contribution in [2.75, 3.05) is 7.11 Å². The lowest BCUT2D eigenvalue weighted by molar-refractivity contribution is -0.113. The number of carbonyl (C=O) groups is 1. The first-order valence-corrected chi connectivity index (χ1v) is 5.57. The van der Waals surface area contributed by atoms with E-state index in [-0.39, 0.29) is 11.9 Å². The Morgan fingerprint density at radius 3 is 2.67 bits per heavy atom. The maximum atomic E-state index is 10.5. The molecule has 1 aromatic rings. The van der Waals surface area contributed by atoms with Gasteiger partial charge in [0.1, 0.15) is 0 Å². The summed E-state index contributed by atoms with van der Waals surface area (Å²) in [6.07, 6.45) is 4.14. The van der Waals surface area contributed by atoms with Crippen molar-refractivity contribution < 1.29 is 14.6 Å². The van der Waals surface area contributed by atoms with E-state index in [2.05, 4.69) is 0 Å². The molecule has 0 aliphatic carbocycles. The molecule has 1 unspecified atom stereocenters. The van der Waals surface area contributed by atoms with E-state index in [9.17, 15) is 9.90 Å². The fourth-order valence-electron chi connectivity index (χ4n) is 1.52. The van der Waals surface area contributed by atoms with E-state index < -0.39 is 5.91 Å². The zero-order valence-corrected chi connectivity index (χ0v) is 10.2. The molecule has 0 aromatic heterocycles. The molecular formula is C14H17NO3. The maximum absolute atomic E-state index is 10.5. The van der Waals surface area contributed by atoms with Crippen molar-refractivity contribution >= 4 is 5.91 Å². The molecule has 0 aliphatic rings. The minimum atomic E-state index is -0.551. The first-order valence-electron chi connectivity index (χ1n) is 5.57. The third-order valence-corrected chi connectivity index (χ3v) is 2.40. The molecule has 1 amide bonds. The summed E-state index contributed by atoms with van der Waals surface area (Å²) >= 11 is 0. The SMILES string of the molecule is COC(CC(O)=CC=CC(N)=O)c1ccccc1. The number of rotatable bonds is 6. The summed E-state index contributed by atoms with van der Waals surface area (Å²) in [4.78, 5) is 10.5. The summed E-state index contributed by atoms with van der Waals surface area (Å²) in [5.41, 5.74) is 5.92. The van der Waals surface area contributed by atoms with Crippen LogP contribution in [0.3, 0.4) is 0 Å². The van der Waals surface area contributed by atoms with Crippen molar-refractivity contribution in [2.24, 2.45) is 5.73 Å². The summed E-state index contributed by atoms with van der Waals surface area (Å²) in [6.45, 7) is 0. The smallest absolute Gasteiger partial charge is 0.241 e. The highest BCUT2D eigenvalue weighted by Gasteiger charge is 2.11. The lowest BCUT2D eigenvalue weighted by Gasteiger charge is -2.14. The minimum absolute atomic E-state index is 0.128. The van der Waals surface area contributed by atoms with E-state index in [0.29, 0.717) is 6.42 Å². The number of nitrogens with two attached hydrogens (primary N) is 1. The highest BCUT2D eigenvalue weighted by Crippen LogP contribution is 2.22. The Morgan fingerprint density at radius 1 is 1.44 bits per heavy atom. The molecule has 1 atom stereocenters. The van der Waals surface area contributed by atoms with Gasteiger partial charge in [-0.05, 0) is 11.6 Å². The Morgan fingerprint density at radius 2 is 2.11 bits per heavy atom. The van der Waals surface area contributed by atoms with Gasteiger partial charge in [0.05, 0.1) is 11.9 Å². The lowest BCUT2D eigenvalue weighted by Crippen LogP contribution is -2.05. The van der Waals surface area contributed by atoms with Crippen molar-refractivity contribution in [1.29, 1.82) is 0 Å². The van der Waals surface area contributed by atoms with Crippen LogP contribution in [0.4, 0.5) is 0 Å². The van der Waals surface area contributed by atoms with Gasteiger partial charge in [0.2, 0.25) is 5.91 Å². The summed E-state index contributed by atoms with van der Waals surface area (Å²) in [6, 6.07) is 9.60. The average molecular weight is 247 g/mol. The molecule has 4 nitrogen and oxygen atoms in total. The molecular weight excluding hydrogens is 230 g/mol. The predicted molar refractivity (Wildman–Crippen MR) is 69.9 cm³/mol. The van der Waals surface area contributed by atoms with Gasteiger partial charge < -0.3 is 15.6 Å². The normalized spacial score (nSPS) is 13.7. The second-order valence-corrected chi connectivity index (χ2v) is 3.76. The van der Waals surface area contributed by atoms with Crippen LogP contribution in [-0.4, -0.2) is 18.1 Å². The number of benzene rings is 1. The molecule has 0 radical (unpaired) electrons. The van der Waals surface area contributed by atoms with Crippen molar-refractivity contribution in [3.63, 3.8) is 0 Å². The van der Waals surface area contributed by atoms with Gasteiger partial charge in [-0.1, -0.05) is 36.4 Å². The number of methoxy groups -OCH3 is 1. The summed E-state index contributed by atoms with van der Waals surface area (Å²) in [5.74, 6) is -0.423. The van der Waals surface area contributed by atoms with Crippen LogP contribution < -0.4 is 5.73 Å². The number of hydrogen-bond donors (Lipinski definition) is 2. The van der Waals surface area contributed by atoms with E-state index in [1.807, 2.05) is 30.3 Å². The second-order valence-electron chi connectivity index (χ2n) is 3.76. The van der Waals surface area contributed by atoms with Crippen LogP contribution >= 0.6 is 0 Å². The summed E-state index contributed by atoms with van der Waals surface area (Å²) in [7, 11) is 1.59. The van der Waals surface area contributed by atoms with Crippen LogP contribution in [-0.2, 0) is 9.53 Å². The molecule has 18 heavy (non-hydrogen) atoms. The van der Waals surface area contributed by atoms with Crippen molar-refractivity contribution in [1.82, 2.24) is 0 Å². The third-order valence-electron chi connectivity index (χ3n) is 2.40. The molecule has 4 heteroatoms. The topological polar surface area (TPSA) is 72.6 Å². The van der Waals surface area contributed by atoms with Gasteiger partial charge >= 0.3 is 0 Å². The van der Waals surface area contributed by atoms with Gasteiger partial charge in [-0.3, -0.25) is 4.79 Å². The Labute approximate surface area is 106 Å². The van der Waals surface area contributed by atoms with Crippen LogP contribution in [0.2, 0.25) is 0 Å². The van der Waals surface area contributed by atoms with E-state index >= 15 is 0 Å². The van der Waals surface area contributed by atoms with Crippen molar-refractivity contribution in [3.8, 4) is 0 Å². The van der Waals surface area contributed by atoms with Crippen LogP contribution in [0, 0.1) is 0 Å². The standard InChI is InChI=1S/C14H17NO3/c1-18-13(11-6-3-2-4-7-11)10-12(16)8-5-9-14(15)17/h2-9,13,16H,10H2,1H3,(H2,15,17). The molecule has 96 valence electrons. The Balaban J connectivity index is 2.66. The fourth-order valence-corrected chi connectivity index (χ4v) is 1.52. The number of hydrogen-bond acceptors (Lipinski definition) is 3. The number of aliphatic hydroxyl groups is 1. The maximum Gasteiger partial charge on any atom is 0.241 e. The first-order chi connectivity index (χ1) is 8.63. The zero-order valence-electron chi connectivity index (χ0n) is 10.2. The quantitative estimate of drug-likeness (QED) is 0.460. The highest BCUT2D eigenvalue weighted by molar-refractivity contribution is 5.85. The third kappa shape index (κ3) is 4.84. The van der Waals surface area contributed by atoms with E-state index in [0.717, 1.165) is 5.56 Å². The van der Waals surface area contributed by atoms with Gasteiger partial charge in [0.25, 0.3) is 0 Å². The molecule has 0 spiro atoms. The molecule has 0 bridgehead atoms. The van der Waals surface area contributed by atoms with Crippen molar-refractivity contribution in [3.05, 3.63) is 59.9 Å². The molecule has 1 rings (SSSR count). The van der Waals surface area contributed by atoms with Gasteiger partial charge in [0, 0.05) is 19.6 Å². The number of aliphatic hydroxyl groups excluding tert-OH is 1. The van der Waals surface area contributed by atoms with Gasteiger partial charge in [0.15, 0.2) is 0 Å². The van der Waals surface area contributed by atoms with Crippen LogP contribution in [0.5, 0.6) is 0 Å². The molecule has 0 aliphatic heterocycles. The summed E-state index contributed by atoms with van der Waals surface area (Å²) in [5, 5.41) is 9.70. The molecule has 0 saturated heterocycles. The Kier molecular flexibility index (Phi) is 5.67. The van der Waals surface area contributed by atoms with Crippen molar-refractivity contribution in [2.45, 2.75) is 12.5 Å². The monoisotopic (exact) mass is 247 g/mol. The summed E-state index contributed by atoms with van der Waals surface area (Å²) < 4.78 is 5.32. The number of allylic oxidation sites excluding steroid dienone is 2. The molecule has 0 fully saturated rings. The number of ether oxygens (including phenoxy) is 1. The fraction of sp³-hybridized carbons (Fsp3) is 0.214. The van der Waals surface area contributed by atoms with E-state index in [1.165, 1.54) is 18.2 Å². The largest absolute Gasteiger partial charge is 0.512 e. The molecule has 3 N–H and O–H groups in total. The van der Waals surface area contributed by atoms with Gasteiger partial charge in [-0.2, -0.15) is 0 Å². The van der Waals surface area contributed by atoms with Crippen LogP contribution in [0.15, 0.2) is 54.3 Å². The van der Waals surface area contributed by atoms with Gasteiger partial charge in [-0.15, -0.1) is 0 Å². The Bertz CT molecular complexity index is 438. The zero-order chi connectivity index (χ0) is 13.4. The van der Waals surface area contributed by atoms with E-state index in [4.69, 9.17) is 10.5 Å². The predicted octanol–water partition coefficient (Wildman–Crippen LogP) is 2.25. The number of amides is 1. The number of carbonyl (C=O) groups excluding carboxylic acids is 1. The molecule has 1 aromatic carbocycles. The minimum Gasteiger partial charge on any atom is -0.512 e. The Hall–Kier alpha value is -2.07. The average Bonchev–Trinajstić information content (AvgIpc) is 2.36. The first kappa shape index (κ1) is 14.0. The molecule has 0 saturated carbocycles. The second kappa shape index (κ2) is 7.29. The van der Waals surface area contributed by atoms with Gasteiger partial charge in [-0.25, -0.2) is 0 Å². The van der Waals surface area contributed by atoms with Crippen LogP contribution in [0.1, 0.15) is 18.1 Å². The number of primary amides is 1. The lowest BCUT2D eigenvalue weighted by atomic mass is 10.1.